The Bertz CT molecular complexity index is 129. The van der Waals surface area contributed by atoms with Gasteiger partial charge in [0.05, 0.1) is 0 Å². The third kappa shape index (κ3) is 4.09. The molecule has 0 N–H and O–H groups in total. The van der Waals surface area contributed by atoms with E-state index in [1.807, 2.05) is 6.92 Å². The molecular formula is C6H8CrO. The third-order valence-electron chi connectivity index (χ3n) is 0.502. The SMILES string of the molecule is CC#C[C](=[Cr])OCC. The van der Waals surface area contributed by atoms with E-state index in [1.54, 1.807) is 6.92 Å². The summed E-state index contributed by atoms with van der Waals surface area (Å²) in [6, 6.07) is 0. The molecule has 0 aliphatic rings. The van der Waals surface area contributed by atoms with Crippen LogP contribution in [0.5, 0.6) is 0 Å². The summed E-state index contributed by atoms with van der Waals surface area (Å²) in [5.74, 6) is 5.44. The van der Waals surface area contributed by atoms with Gasteiger partial charge in [0.25, 0.3) is 0 Å². The summed E-state index contributed by atoms with van der Waals surface area (Å²) in [5.41, 5.74) is 0. The molecule has 0 rings (SSSR count). The summed E-state index contributed by atoms with van der Waals surface area (Å²) >= 11 is 2.70. The Labute approximate surface area is 58.0 Å². The van der Waals surface area contributed by atoms with E-state index in [2.05, 4.69) is 27.7 Å². The summed E-state index contributed by atoms with van der Waals surface area (Å²) in [4.78, 5) is 0. The van der Waals surface area contributed by atoms with Gasteiger partial charge in [-0.2, -0.15) is 0 Å². The first kappa shape index (κ1) is 7.92. The van der Waals surface area contributed by atoms with Crippen LogP contribution in [0.4, 0.5) is 0 Å². The molecule has 1 nitrogen and oxygen atoms in total. The van der Waals surface area contributed by atoms with Crippen molar-refractivity contribution >= 4 is 4.57 Å². The van der Waals surface area contributed by atoms with E-state index in [0.717, 1.165) is 0 Å². The van der Waals surface area contributed by atoms with Crippen molar-refractivity contribution in [3.63, 3.8) is 0 Å². The molecule has 0 aromatic heterocycles. The summed E-state index contributed by atoms with van der Waals surface area (Å²) < 4.78 is 5.65. The zero-order valence-electron chi connectivity index (χ0n) is 5.02. The molecule has 0 aromatic rings. The fourth-order valence-corrected chi connectivity index (χ4v) is 0.613. The van der Waals surface area contributed by atoms with Crippen LogP contribution in [-0.2, 0) is 20.6 Å². The van der Waals surface area contributed by atoms with Crippen LogP contribution in [0.3, 0.4) is 0 Å². The second-order valence-corrected chi connectivity index (χ2v) is 1.67. The third-order valence-corrected chi connectivity index (χ3v) is 0.846. The van der Waals surface area contributed by atoms with Crippen molar-refractivity contribution in [2.24, 2.45) is 0 Å². The maximum absolute atomic E-state index is 4.97. The van der Waals surface area contributed by atoms with E-state index < -0.39 is 0 Å². The standard InChI is InChI=1S/C6H8O.Cr/c1-3-5-6-7-4-2;/h4H2,1-2H3;. The van der Waals surface area contributed by atoms with Gasteiger partial charge in [-0.1, -0.05) is 0 Å². The Morgan fingerprint density at radius 3 is 2.75 bits per heavy atom. The monoisotopic (exact) mass is 148 g/mol. The second kappa shape index (κ2) is 5.07. The van der Waals surface area contributed by atoms with Crippen molar-refractivity contribution in [3.8, 4) is 11.8 Å². The van der Waals surface area contributed by atoms with Crippen molar-refractivity contribution in [3.05, 3.63) is 0 Å². The van der Waals surface area contributed by atoms with Gasteiger partial charge in [-0.3, -0.25) is 0 Å². The van der Waals surface area contributed by atoms with Crippen LogP contribution in [-0.4, -0.2) is 11.2 Å². The first-order chi connectivity index (χ1) is 3.81. The van der Waals surface area contributed by atoms with E-state index in [1.165, 1.54) is 0 Å². The molecule has 0 aliphatic heterocycles. The summed E-state index contributed by atoms with van der Waals surface area (Å²) in [5, 5.41) is 0. The van der Waals surface area contributed by atoms with Crippen LogP contribution in [0, 0.1) is 11.8 Å². The Kier molecular flexibility index (Phi) is 5.02. The van der Waals surface area contributed by atoms with Gasteiger partial charge >= 0.3 is 57.4 Å². The molecule has 0 radical (unpaired) electrons. The molecule has 0 amide bonds. The fraction of sp³-hybridized carbons (Fsp3) is 0.500. The van der Waals surface area contributed by atoms with Crippen molar-refractivity contribution < 1.29 is 20.6 Å². The van der Waals surface area contributed by atoms with Gasteiger partial charge in [-0.05, 0) is 0 Å². The molecule has 0 aliphatic carbocycles. The predicted octanol–water partition coefficient (Wildman–Crippen LogP) is 0.723. The molecule has 0 saturated carbocycles. The molecule has 44 valence electrons. The molecule has 0 fully saturated rings. The van der Waals surface area contributed by atoms with E-state index in [4.69, 9.17) is 4.74 Å². The van der Waals surface area contributed by atoms with Crippen LogP contribution in [0.1, 0.15) is 13.8 Å². The van der Waals surface area contributed by atoms with Crippen LogP contribution < -0.4 is 0 Å². The normalized spacial score (nSPS) is 7.25. The molecule has 0 heterocycles. The van der Waals surface area contributed by atoms with Gasteiger partial charge < -0.3 is 0 Å². The Hall–Kier alpha value is -0.0775. The maximum atomic E-state index is 4.97. The first-order valence-electron chi connectivity index (χ1n) is 2.40. The van der Waals surface area contributed by atoms with Gasteiger partial charge in [0.2, 0.25) is 0 Å². The van der Waals surface area contributed by atoms with E-state index in [-0.39, 0.29) is 0 Å². The summed E-state index contributed by atoms with van der Waals surface area (Å²) in [7, 11) is 0. The van der Waals surface area contributed by atoms with Crippen LogP contribution in [0.25, 0.3) is 0 Å². The van der Waals surface area contributed by atoms with Crippen LogP contribution in [0.2, 0.25) is 0 Å². The molecule has 0 spiro atoms. The van der Waals surface area contributed by atoms with Crippen molar-refractivity contribution in [2.75, 3.05) is 6.61 Å². The molecule has 0 aromatic carbocycles. The average molecular weight is 148 g/mol. The van der Waals surface area contributed by atoms with Gasteiger partial charge in [-0.25, -0.2) is 0 Å². The van der Waals surface area contributed by atoms with E-state index >= 15 is 0 Å². The van der Waals surface area contributed by atoms with Crippen molar-refractivity contribution in [2.45, 2.75) is 13.8 Å². The second-order valence-electron chi connectivity index (χ2n) is 1.10. The van der Waals surface area contributed by atoms with E-state index in [9.17, 15) is 0 Å². The van der Waals surface area contributed by atoms with Crippen molar-refractivity contribution in [1.29, 1.82) is 0 Å². The average Bonchev–Trinajstić information content (AvgIpc) is 1.68. The molecule has 0 unspecified atom stereocenters. The van der Waals surface area contributed by atoms with E-state index in [0.29, 0.717) is 11.2 Å². The van der Waals surface area contributed by atoms with Crippen LogP contribution in [0.15, 0.2) is 0 Å². The molecule has 0 atom stereocenters. The molecule has 0 bridgehead atoms. The molecule has 8 heavy (non-hydrogen) atoms. The topological polar surface area (TPSA) is 9.23 Å². The molecule has 0 saturated heterocycles. The fourth-order valence-electron chi connectivity index (χ4n) is 0.269. The minimum atomic E-state index is 0.676. The quantitative estimate of drug-likeness (QED) is 0.524. The number of hydrogen-bond donors (Lipinski definition) is 0. The predicted molar refractivity (Wildman–Crippen MR) is 30.1 cm³/mol. The van der Waals surface area contributed by atoms with Crippen molar-refractivity contribution in [1.82, 2.24) is 0 Å². The van der Waals surface area contributed by atoms with Gasteiger partial charge in [0.1, 0.15) is 0 Å². The number of rotatable bonds is 2. The number of ether oxygens (including phenoxy) is 1. The Balaban J connectivity index is 3.44. The zero-order valence-corrected chi connectivity index (χ0v) is 6.30. The Morgan fingerprint density at radius 2 is 2.38 bits per heavy atom. The summed E-state index contributed by atoms with van der Waals surface area (Å²) in [6.07, 6.45) is 0. The summed E-state index contributed by atoms with van der Waals surface area (Å²) in [6.45, 7) is 4.38. The van der Waals surface area contributed by atoms with Gasteiger partial charge in [-0.15, -0.1) is 0 Å². The number of hydrogen-bond acceptors (Lipinski definition) is 1. The Morgan fingerprint density at radius 1 is 1.75 bits per heavy atom. The molecular weight excluding hydrogens is 140 g/mol. The molecule has 2 heteroatoms. The first-order valence-corrected chi connectivity index (χ1v) is 3.04. The minimum absolute atomic E-state index is 0.676. The van der Waals surface area contributed by atoms with Gasteiger partial charge in [0.15, 0.2) is 0 Å². The van der Waals surface area contributed by atoms with Gasteiger partial charge in [0, 0.05) is 0 Å². The van der Waals surface area contributed by atoms with Crippen LogP contribution >= 0.6 is 0 Å². The zero-order chi connectivity index (χ0) is 6.41.